The van der Waals surface area contributed by atoms with Gasteiger partial charge in [-0.2, -0.15) is 0 Å². The van der Waals surface area contributed by atoms with Crippen molar-refractivity contribution in [1.29, 1.82) is 0 Å². The number of carbonyl (C=O) groups excluding carboxylic acids is 2. The zero-order valence-electron chi connectivity index (χ0n) is 12.7. The molecule has 1 fully saturated rings. The van der Waals surface area contributed by atoms with E-state index < -0.39 is 0 Å². The van der Waals surface area contributed by atoms with Gasteiger partial charge >= 0.3 is 0 Å². The van der Waals surface area contributed by atoms with Crippen molar-refractivity contribution in [2.24, 2.45) is 5.92 Å². The largest absolute Gasteiger partial charge is 0.274 e. The molecule has 22 heavy (non-hydrogen) atoms. The molecular weight excluding hydrogens is 276 g/mol. The van der Waals surface area contributed by atoms with Crippen LogP contribution in [0.3, 0.4) is 0 Å². The number of amides is 2. The third-order valence-electron chi connectivity index (χ3n) is 4.21. The van der Waals surface area contributed by atoms with Gasteiger partial charge in [-0.3, -0.25) is 9.59 Å². The molecule has 1 aliphatic rings. The van der Waals surface area contributed by atoms with Crippen LogP contribution in [0, 0.1) is 12.8 Å². The Bertz CT molecular complexity index is 712. The number of carbonyl (C=O) groups is 2. The summed E-state index contributed by atoms with van der Waals surface area (Å²) in [7, 11) is 0. The van der Waals surface area contributed by atoms with Gasteiger partial charge in [0, 0.05) is 12.1 Å². The summed E-state index contributed by atoms with van der Waals surface area (Å²) in [6.07, 6.45) is 0.241. The lowest BCUT2D eigenvalue weighted by Gasteiger charge is -2.19. The van der Waals surface area contributed by atoms with E-state index in [0.29, 0.717) is 5.82 Å². The maximum absolute atomic E-state index is 12.7. The molecule has 0 bridgehead atoms. The number of aromatic nitrogens is 1. The molecule has 2 aromatic rings. The molecular formula is C18H18N2O2. The summed E-state index contributed by atoms with van der Waals surface area (Å²) in [6, 6.07) is 15.2. The molecule has 112 valence electrons. The molecule has 2 amide bonds. The maximum atomic E-state index is 12.7. The summed E-state index contributed by atoms with van der Waals surface area (Å²) < 4.78 is 0. The Hall–Kier alpha value is -2.49. The smallest absolute Gasteiger partial charge is 0.239 e. The summed E-state index contributed by atoms with van der Waals surface area (Å²) in [5.74, 6) is -0.210. The molecule has 3 rings (SSSR count). The van der Waals surface area contributed by atoms with Gasteiger partial charge in [-0.1, -0.05) is 43.3 Å². The minimum Gasteiger partial charge on any atom is -0.274 e. The summed E-state index contributed by atoms with van der Waals surface area (Å²) in [5.41, 5.74) is 1.87. The van der Waals surface area contributed by atoms with Crippen molar-refractivity contribution in [2.75, 3.05) is 4.90 Å². The van der Waals surface area contributed by atoms with Crippen molar-refractivity contribution in [3.63, 3.8) is 0 Å². The van der Waals surface area contributed by atoms with Gasteiger partial charge in [0.1, 0.15) is 5.82 Å². The fraction of sp³-hybridized carbons (Fsp3) is 0.278. The number of anilines is 1. The fourth-order valence-corrected chi connectivity index (χ4v) is 2.93. The summed E-state index contributed by atoms with van der Waals surface area (Å²) >= 11 is 0. The van der Waals surface area contributed by atoms with Crippen LogP contribution >= 0.6 is 0 Å². The second-order valence-electron chi connectivity index (χ2n) is 5.71. The van der Waals surface area contributed by atoms with Crippen LogP contribution in [0.2, 0.25) is 0 Å². The number of hydrogen-bond acceptors (Lipinski definition) is 3. The third-order valence-corrected chi connectivity index (χ3v) is 4.21. The monoisotopic (exact) mass is 294 g/mol. The highest BCUT2D eigenvalue weighted by Gasteiger charge is 2.43. The van der Waals surface area contributed by atoms with E-state index in [1.165, 1.54) is 4.90 Å². The van der Waals surface area contributed by atoms with Gasteiger partial charge in [-0.15, -0.1) is 0 Å². The third kappa shape index (κ3) is 2.52. The molecule has 0 unspecified atom stereocenters. The van der Waals surface area contributed by atoms with E-state index in [1.54, 1.807) is 6.07 Å². The Morgan fingerprint density at radius 3 is 2.50 bits per heavy atom. The second-order valence-corrected chi connectivity index (χ2v) is 5.71. The van der Waals surface area contributed by atoms with Crippen molar-refractivity contribution in [1.82, 2.24) is 4.98 Å². The quantitative estimate of drug-likeness (QED) is 0.817. The minimum atomic E-state index is -0.322. The molecule has 2 atom stereocenters. The molecule has 0 radical (unpaired) electrons. The molecule has 0 spiro atoms. The van der Waals surface area contributed by atoms with Gasteiger partial charge in [-0.25, -0.2) is 9.88 Å². The van der Waals surface area contributed by atoms with E-state index in [9.17, 15) is 9.59 Å². The maximum Gasteiger partial charge on any atom is 0.239 e. The zero-order chi connectivity index (χ0) is 15.7. The Balaban J connectivity index is 1.89. The van der Waals surface area contributed by atoms with Crippen molar-refractivity contribution in [3.8, 4) is 0 Å². The summed E-state index contributed by atoms with van der Waals surface area (Å²) in [4.78, 5) is 30.6. The van der Waals surface area contributed by atoms with E-state index >= 15 is 0 Å². The number of pyridine rings is 1. The van der Waals surface area contributed by atoms with Crippen LogP contribution in [0.15, 0.2) is 48.5 Å². The van der Waals surface area contributed by atoms with Crippen LogP contribution in [0.1, 0.15) is 30.5 Å². The topological polar surface area (TPSA) is 50.3 Å². The molecule has 0 N–H and O–H groups in total. The average Bonchev–Trinajstić information content (AvgIpc) is 2.82. The number of imide groups is 1. The highest BCUT2D eigenvalue weighted by atomic mass is 16.2. The van der Waals surface area contributed by atoms with Gasteiger partial charge in [-0.05, 0) is 30.5 Å². The minimum absolute atomic E-state index is 0.00691. The van der Waals surface area contributed by atoms with Crippen LogP contribution in [-0.4, -0.2) is 16.8 Å². The average molecular weight is 294 g/mol. The number of benzene rings is 1. The van der Waals surface area contributed by atoms with Crippen molar-refractivity contribution in [2.45, 2.75) is 26.2 Å². The van der Waals surface area contributed by atoms with E-state index in [0.717, 1.165) is 11.3 Å². The molecule has 4 heteroatoms. The lowest BCUT2D eigenvalue weighted by molar-refractivity contribution is -0.122. The SMILES string of the molecule is Cc1cccc(N2C(=O)C[C@H]([C@@H](C)c3ccccc3)C2=O)n1. The summed E-state index contributed by atoms with van der Waals surface area (Å²) in [6.45, 7) is 3.84. The van der Waals surface area contributed by atoms with Crippen LogP contribution in [0.5, 0.6) is 0 Å². The Morgan fingerprint density at radius 2 is 1.82 bits per heavy atom. The number of hydrogen-bond donors (Lipinski definition) is 0. The first-order chi connectivity index (χ1) is 10.6. The summed E-state index contributed by atoms with van der Waals surface area (Å²) in [5, 5.41) is 0. The lowest BCUT2D eigenvalue weighted by Crippen LogP contribution is -2.32. The van der Waals surface area contributed by atoms with Gasteiger partial charge in [0.25, 0.3) is 0 Å². The lowest BCUT2D eigenvalue weighted by atomic mass is 9.86. The molecule has 0 aliphatic carbocycles. The highest BCUT2D eigenvalue weighted by molar-refractivity contribution is 6.20. The van der Waals surface area contributed by atoms with E-state index in [1.807, 2.05) is 56.3 Å². The van der Waals surface area contributed by atoms with Crippen LogP contribution in [-0.2, 0) is 9.59 Å². The van der Waals surface area contributed by atoms with E-state index in [2.05, 4.69) is 4.98 Å². The number of rotatable bonds is 3. The van der Waals surface area contributed by atoms with Crippen LogP contribution in [0.25, 0.3) is 0 Å². The standard InChI is InChI=1S/C18H18N2O2/c1-12-7-6-10-16(19-12)20-17(21)11-15(18(20)22)13(2)14-8-4-3-5-9-14/h3-10,13,15H,11H2,1-2H3/t13-,15+/m0/s1. The molecule has 0 saturated carbocycles. The van der Waals surface area contributed by atoms with E-state index in [-0.39, 0.29) is 30.1 Å². The zero-order valence-corrected chi connectivity index (χ0v) is 12.7. The molecule has 1 aromatic heterocycles. The first kappa shape index (κ1) is 14.4. The van der Waals surface area contributed by atoms with Crippen LogP contribution < -0.4 is 4.90 Å². The van der Waals surface area contributed by atoms with Gasteiger partial charge < -0.3 is 0 Å². The molecule has 4 nitrogen and oxygen atoms in total. The highest BCUT2D eigenvalue weighted by Crippen LogP contribution is 2.35. The Labute approximate surface area is 129 Å². The van der Waals surface area contributed by atoms with E-state index in [4.69, 9.17) is 0 Å². The predicted molar refractivity (Wildman–Crippen MR) is 84.4 cm³/mol. The number of nitrogens with zero attached hydrogens (tertiary/aromatic N) is 2. The molecule has 1 aromatic carbocycles. The second kappa shape index (κ2) is 5.72. The van der Waals surface area contributed by atoms with Crippen molar-refractivity contribution >= 4 is 17.6 Å². The predicted octanol–water partition coefficient (Wildman–Crippen LogP) is 3.07. The normalized spacial score (nSPS) is 19.5. The van der Waals surface area contributed by atoms with Gasteiger partial charge in [0.05, 0.1) is 5.92 Å². The van der Waals surface area contributed by atoms with Crippen LogP contribution in [0.4, 0.5) is 5.82 Å². The van der Waals surface area contributed by atoms with Gasteiger partial charge in [0.2, 0.25) is 11.8 Å². The Kier molecular flexibility index (Phi) is 3.75. The first-order valence-electron chi connectivity index (χ1n) is 7.43. The molecule has 1 saturated heterocycles. The fourth-order valence-electron chi connectivity index (χ4n) is 2.93. The molecule has 2 heterocycles. The Morgan fingerprint density at radius 1 is 1.09 bits per heavy atom. The number of aryl methyl sites for hydroxylation is 1. The first-order valence-corrected chi connectivity index (χ1v) is 7.43. The molecule has 1 aliphatic heterocycles. The van der Waals surface area contributed by atoms with Crippen molar-refractivity contribution < 1.29 is 9.59 Å². The van der Waals surface area contributed by atoms with Gasteiger partial charge in [0.15, 0.2) is 0 Å². The van der Waals surface area contributed by atoms with Crippen molar-refractivity contribution in [3.05, 3.63) is 59.8 Å².